The Labute approximate surface area is 118 Å². The summed E-state index contributed by atoms with van der Waals surface area (Å²) in [7, 11) is 0. The first-order valence-corrected chi connectivity index (χ1v) is 7.01. The van der Waals surface area contributed by atoms with Crippen LogP contribution in [0.15, 0.2) is 12.1 Å². The second kappa shape index (κ2) is 5.99. The van der Waals surface area contributed by atoms with Gasteiger partial charge in [0.1, 0.15) is 23.2 Å². The zero-order chi connectivity index (χ0) is 14.7. The number of phenols is 1. The molecule has 1 aromatic rings. The first-order chi connectivity index (χ1) is 9.54. The summed E-state index contributed by atoms with van der Waals surface area (Å²) in [5.74, 6) is -0.720. The van der Waals surface area contributed by atoms with Crippen LogP contribution < -0.4 is 4.74 Å². The predicted molar refractivity (Wildman–Crippen MR) is 77.4 cm³/mol. The Bertz CT molecular complexity index is 546. The maximum absolute atomic E-state index is 11.4. The van der Waals surface area contributed by atoms with E-state index >= 15 is 0 Å². The van der Waals surface area contributed by atoms with Crippen LogP contribution in [0, 0.1) is 0 Å². The molecular formula is C16H20O4. The minimum absolute atomic E-state index is 0.00246. The molecule has 4 nitrogen and oxygen atoms in total. The van der Waals surface area contributed by atoms with Gasteiger partial charge in [0.05, 0.1) is 5.56 Å². The van der Waals surface area contributed by atoms with Crippen molar-refractivity contribution >= 4 is 12.0 Å². The van der Waals surface area contributed by atoms with E-state index in [2.05, 4.69) is 6.92 Å². The Hall–Kier alpha value is -1.97. The Kier molecular flexibility index (Phi) is 4.32. The molecule has 1 aliphatic rings. The second-order valence-electron chi connectivity index (χ2n) is 5.12. The fourth-order valence-corrected chi connectivity index (χ4v) is 2.44. The van der Waals surface area contributed by atoms with Crippen molar-refractivity contribution in [2.75, 3.05) is 0 Å². The van der Waals surface area contributed by atoms with Crippen molar-refractivity contribution in [1.29, 1.82) is 0 Å². The molecule has 1 atom stereocenters. The lowest BCUT2D eigenvalue weighted by Crippen LogP contribution is -2.14. The number of hydrogen-bond donors (Lipinski definition) is 2. The zero-order valence-electron chi connectivity index (χ0n) is 11.8. The third kappa shape index (κ3) is 2.79. The average molecular weight is 276 g/mol. The molecule has 108 valence electrons. The first-order valence-electron chi connectivity index (χ1n) is 7.01. The van der Waals surface area contributed by atoms with E-state index < -0.39 is 5.97 Å². The summed E-state index contributed by atoms with van der Waals surface area (Å²) in [4.78, 5) is 11.4. The summed E-state index contributed by atoms with van der Waals surface area (Å²) in [6.07, 6.45) is 7.09. The Morgan fingerprint density at radius 2 is 2.15 bits per heavy atom. The van der Waals surface area contributed by atoms with Gasteiger partial charge in [-0.3, -0.25) is 0 Å². The van der Waals surface area contributed by atoms with Gasteiger partial charge in [0.15, 0.2) is 0 Å². The predicted octanol–water partition coefficient (Wildman–Crippen LogP) is 3.62. The quantitative estimate of drug-likeness (QED) is 0.806. The number of hydrogen-bond acceptors (Lipinski definition) is 3. The lowest BCUT2D eigenvalue weighted by atomic mass is 9.95. The average Bonchev–Trinajstić information content (AvgIpc) is 2.38. The fraction of sp³-hybridized carbons (Fsp3) is 0.438. The molecule has 1 aromatic carbocycles. The maximum Gasteiger partial charge on any atom is 0.339 e. The van der Waals surface area contributed by atoms with E-state index in [1.165, 1.54) is 0 Å². The van der Waals surface area contributed by atoms with Crippen LogP contribution in [0.2, 0.25) is 0 Å². The third-order valence-electron chi connectivity index (χ3n) is 3.49. The number of carbonyl (C=O) groups is 1. The minimum atomic E-state index is -1.09. The van der Waals surface area contributed by atoms with E-state index in [-0.39, 0.29) is 17.4 Å². The van der Waals surface area contributed by atoms with Crippen molar-refractivity contribution in [1.82, 2.24) is 0 Å². The van der Waals surface area contributed by atoms with Gasteiger partial charge < -0.3 is 14.9 Å². The van der Waals surface area contributed by atoms with Gasteiger partial charge in [0.2, 0.25) is 0 Å². The summed E-state index contributed by atoms with van der Waals surface area (Å²) < 4.78 is 5.65. The molecule has 0 bridgehead atoms. The lowest BCUT2D eigenvalue weighted by molar-refractivity contribution is 0.0692. The van der Waals surface area contributed by atoms with Crippen molar-refractivity contribution in [2.45, 2.75) is 45.6 Å². The summed E-state index contributed by atoms with van der Waals surface area (Å²) in [5, 5.41) is 19.5. The van der Waals surface area contributed by atoms with Crippen LogP contribution in [0.5, 0.6) is 11.5 Å². The molecule has 0 aromatic heterocycles. The molecule has 0 aliphatic carbocycles. The van der Waals surface area contributed by atoms with Gasteiger partial charge in [0.25, 0.3) is 0 Å². The SMILES string of the molecule is CCCCCc1cc2c(c(O)c1C(=O)O)C=CC(C)O2. The molecule has 1 unspecified atom stereocenters. The second-order valence-corrected chi connectivity index (χ2v) is 5.12. The fourth-order valence-electron chi connectivity index (χ4n) is 2.44. The molecule has 2 rings (SSSR count). The molecule has 0 saturated heterocycles. The number of aromatic hydroxyl groups is 1. The van der Waals surface area contributed by atoms with Crippen molar-refractivity contribution in [3.8, 4) is 11.5 Å². The number of fused-ring (bicyclic) bond motifs is 1. The van der Waals surface area contributed by atoms with Crippen molar-refractivity contribution in [3.63, 3.8) is 0 Å². The van der Waals surface area contributed by atoms with Crippen LogP contribution in [-0.4, -0.2) is 22.3 Å². The molecule has 0 fully saturated rings. The normalized spacial score (nSPS) is 16.6. The first kappa shape index (κ1) is 14.4. The Morgan fingerprint density at radius 3 is 2.80 bits per heavy atom. The molecule has 1 aliphatic heterocycles. The van der Waals surface area contributed by atoms with Crippen molar-refractivity contribution < 1.29 is 19.7 Å². The zero-order valence-corrected chi connectivity index (χ0v) is 11.8. The Balaban J connectivity index is 2.45. The van der Waals surface area contributed by atoms with Crippen molar-refractivity contribution in [2.24, 2.45) is 0 Å². The summed E-state index contributed by atoms with van der Waals surface area (Å²) in [5.41, 5.74) is 1.10. The van der Waals surface area contributed by atoms with E-state index in [0.29, 0.717) is 23.3 Å². The smallest absolute Gasteiger partial charge is 0.339 e. The molecule has 20 heavy (non-hydrogen) atoms. The number of carboxylic acid groups (broad SMARTS) is 1. The highest BCUT2D eigenvalue weighted by atomic mass is 16.5. The molecule has 0 spiro atoms. The highest BCUT2D eigenvalue weighted by Crippen LogP contribution is 2.38. The topological polar surface area (TPSA) is 66.8 Å². The van der Waals surface area contributed by atoms with Gasteiger partial charge in [-0.25, -0.2) is 4.79 Å². The van der Waals surface area contributed by atoms with E-state index in [1.807, 2.05) is 6.92 Å². The Morgan fingerprint density at radius 1 is 1.40 bits per heavy atom. The third-order valence-corrected chi connectivity index (χ3v) is 3.49. The van der Waals surface area contributed by atoms with Crippen LogP contribution in [0.25, 0.3) is 6.08 Å². The molecule has 0 radical (unpaired) electrons. The number of unbranched alkanes of at least 4 members (excludes halogenated alkanes) is 2. The van der Waals surface area contributed by atoms with Crippen LogP contribution in [0.1, 0.15) is 54.6 Å². The van der Waals surface area contributed by atoms with Crippen LogP contribution in [0.4, 0.5) is 0 Å². The van der Waals surface area contributed by atoms with E-state index in [0.717, 1.165) is 19.3 Å². The van der Waals surface area contributed by atoms with Crippen LogP contribution in [0.3, 0.4) is 0 Å². The number of aromatic carboxylic acids is 1. The molecule has 2 N–H and O–H groups in total. The molecule has 4 heteroatoms. The van der Waals surface area contributed by atoms with E-state index in [4.69, 9.17) is 4.74 Å². The highest BCUT2D eigenvalue weighted by Gasteiger charge is 2.24. The van der Waals surface area contributed by atoms with E-state index in [9.17, 15) is 15.0 Å². The summed E-state index contributed by atoms with van der Waals surface area (Å²) in [6, 6.07) is 1.76. The summed E-state index contributed by atoms with van der Waals surface area (Å²) >= 11 is 0. The highest BCUT2D eigenvalue weighted by molar-refractivity contribution is 5.95. The van der Waals surface area contributed by atoms with Crippen LogP contribution in [-0.2, 0) is 6.42 Å². The number of rotatable bonds is 5. The molecule has 0 amide bonds. The van der Waals surface area contributed by atoms with Crippen LogP contribution >= 0.6 is 0 Å². The largest absolute Gasteiger partial charge is 0.506 e. The van der Waals surface area contributed by atoms with E-state index in [1.54, 1.807) is 18.2 Å². The lowest BCUT2D eigenvalue weighted by Gasteiger charge is -2.21. The van der Waals surface area contributed by atoms with Crippen molar-refractivity contribution in [3.05, 3.63) is 28.8 Å². The number of aryl methyl sites for hydroxylation is 1. The number of carboxylic acids is 1. The molecular weight excluding hydrogens is 256 g/mol. The van der Waals surface area contributed by atoms with Gasteiger partial charge in [0, 0.05) is 0 Å². The van der Waals surface area contributed by atoms with Gasteiger partial charge >= 0.3 is 5.97 Å². The summed E-state index contributed by atoms with van der Waals surface area (Å²) in [6.45, 7) is 4.00. The maximum atomic E-state index is 11.4. The van der Waals surface area contributed by atoms with Gasteiger partial charge in [-0.15, -0.1) is 0 Å². The van der Waals surface area contributed by atoms with Gasteiger partial charge in [-0.1, -0.05) is 19.8 Å². The standard InChI is InChI=1S/C16H20O4/c1-3-4-5-6-11-9-13-12(8-7-10(2)20-13)15(17)14(11)16(18)19/h7-10,17H,3-6H2,1-2H3,(H,18,19). The molecule has 1 heterocycles. The monoisotopic (exact) mass is 276 g/mol. The number of ether oxygens (including phenoxy) is 1. The number of benzene rings is 1. The van der Waals surface area contributed by atoms with Gasteiger partial charge in [-0.05, 0) is 43.5 Å². The van der Waals surface area contributed by atoms with Gasteiger partial charge in [-0.2, -0.15) is 0 Å². The minimum Gasteiger partial charge on any atom is -0.506 e. The molecule has 0 saturated carbocycles.